The standard InChI is InChI=1S/C41H39N3O8S/c1-41(2,3)52-40(49)43-32(27-18-10-5-11-19-27)36(46)42-33-37(47)44-34(30(25-53(50)38(33)44)24-31(45)26-16-8-4-9-17-26)39(48)51-35(28-20-12-6-13-21-28)29-22-14-7-15-23-29/h4-23,32-33,35,38H,24-25H2,1-3H3,(H,42,46)(H,43,49). The first-order valence-corrected chi connectivity index (χ1v) is 18.5. The predicted octanol–water partition coefficient (Wildman–Crippen LogP) is 5.53. The summed E-state index contributed by atoms with van der Waals surface area (Å²) in [5.74, 6) is -2.90. The second kappa shape index (κ2) is 15.9. The number of β-lactam (4-membered cyclic amide) rings is 1. The number of ether oxygens (including phenoxy) is 2. The number of hydrogen-bond donors (Lipinski definition) is 2. The monoisotopic (exact) mass is 733 g/mol. The lowest BCUT2D eigenvalue weighted by molar-refractivity contribution is -0.155. The Balaban J connectivity index is 1.31. The Morgan fingerprint density at radius 2 is 1.32 bits per heavy atom. The minimum atomic E-state index is -1.84. The largest absolute Gasteiger partial charge is 0.614 e. The van der Waals surface area contributed by atoms with Gasteiger partial charge in [-0.1, -0.05) is 121 Å². The molecular weight excluding hydrogens is 695 g/mol. The minimum absolute atomic E-state index is 0.183. The fraction of sp³-hybridized carbons (Fsp3) is 0.244. The number of esters is 1. The van der Waals surface area contributed by atoms with Crippen molar-refractivity contribution in [3.63, 3.8) is 0 Å². The lowest BCUT2D eigenvalue weighted by atomic mass is 9.97. The first-order chi connectivity index (χ1) is 25.4. The van der Waals surface area contributed by atoms with Crippen molar-refractivity contribution in [2.24, 2.45) is 0 Å². The number of rotatable bonds is 11. The topological polar surface area (TPSA) is 154 Å². The van der Waals surface area contributed by atoms with Crippen LogP contribution in [0, 0.1) is 0 Å². The summed E-state index contributed by atoms with van der Waals surface area (Å²) in [6.07, 6.45) is -2.01. The van der Waals surface area contributed by atoms with Gasteiger partial charge >= 0.3 is 12.1 Å². The van der Waals surface area contributed by atoms with Crippen LogP contribution in [-0.2, 0) is 35.0 Å². The molecule has 0 radical (unpaired) electrons. The van der Waals surface area contributed by atoms with Gasteiger partial charge in [-0.3, -0.25) is 19.3 Å². The highest BCUT2D eigenvalue weighted by molar-refractivity contribution is 7.92. The predicted molar refractivity (Wildman–Crippen MR) is 197 cm³/mol. The molecule has 12 heteroatoms. The molecule has 1 saturated heterocycles. The van der Waals surface area contributed by atoms with E-state index in [1.807, 2.05) is 60.7 Å². The normalized spacial score (nSPS) is 18.7. The molecule has 272 valence electrons. The SMILES string of the molecule is CC(C)(C)OC(=O)NC(C(=O)NC1C(=O)N2C(C(=O)OC(c3ccccc3)c3ccccc3)=C(CC(=O)c3ccccc3)C[S+]([O-])C12)c1ccccc1. The molecule has 2 heterocycles. The Labute approximate surface area is 310 Å². The summed E-state index contributed by atoms with van der Waals surface area (Å²) in [5.41, 5.74) is 1.31. The van der Waals surface area contributed by atoms with Crippen molar-refractivity contribution in [3.05, 3.63) is 155 Å². The summed E-state index contributed by atoms with van der Waals surface area (Å²) in [7, 11) is 0. The number of nitrogens with one attached hydrogen (secondary N) is 2. The van der Waals surface area contributed by atoms with Crippen molar-refractivity contribution in [2.45, 2.75) is 56.4 Å². The summed E-state index contributed by atoms with van der Waals surface area (Å²) in [5, 5.41) is 4.09. The average Bonchev–Trinajstić information content (AvgIpc) is 3.15. The maximum Gasteiger partial charge on any atom is 0.408 e. The van der Waals surface area contributed by atoms with Gasteiger partial charge in [0.25, 0.3) is 5.91 Å². The van der Waals surface area contributed by atoms with Crippen LogP contribution in [-0.4, -0.2) is 61.9 Å². The van der Waals surface area contributed by atoms with Gasteiger partial charge in [-0.2, -0.15) is 0 Å². The van der Waals surface area contributed by atoms with Gasteiger partial charge in [-0.15, -0.1) is 0 Å². The zero-order valence-electron chi connectivity index (χ0n) is 29.4. The van der Waals surface area contributed by atoms with E-state index in [1.165, 1.54) is 0 Å². The summed E-state index contributed by atoms with van der Waals surface area (Å²) < 4.78 is 25.5. The van der Waals surface area contributed by atoms with E-state index in [9.17, 15) is 28.5 Å². The number of amides is 3. The molecule has 4 atom stereocenters. The molecular formula is C41H39N3O8S. The summed E-state index contributed by atoms with van der Waals surface area (Å²) in [4.78, 5) is 69.5. The van der Waals surface area contributed by atoms with Crippen LogP contribution in [0.3, 0.4) is 0 Å². The van der Waals surface area contributed by atoms with Crippen molar-refractivity contribution in [3.8, 4) is 0 Å². The van der Waals surface area contributed by atoms with Crippen LogP contribution in [0.5, 0.6) is 0 Å². The highest BCUT2D eigenvalue weighted by Gasteiger charge is 2.61. The van der Waals surface area contributed by atoms with Crippen LogP contribution in [0.15, 0.2) is 133 Å². The molecule has 2 aliphatic rings. The molecule has 2 aliphatic heterocycles. The number of carbonyl (C=O) groups is 5. The Morgan fingerprint density at radius 3 is 1.85 bits per heavy atom. The van der Waals surface area contributed by atoms with Crippen LogP contribution < -0.4 is 10.6 Å². The molecule has 3 amide bonds. The zero-order chi connectivity index (χ0) is 37.7. The van der Waals surface area contributed by atoms with Crippen molar-refractivity contribution < 1.29 is 38.0 Å². The molecule has 53 heavy (non-hydrogen) atoms. The fourth-order valence-electron chi connectivity index (χ4n) is 6.25. The smallest absolute Gasteiger partial charge is 0.408 e. The number of nitrogens with zero attached hydrogens (tertiary/aromatic N) is 1. The molecule has 0 saturated carbocycles. The fourth-order valence-corrected chi connectivity index (χ4v) is 7.94. The van der Waals surface area contributed by atoms with E-state index in [0.717, 1.165) is 4.90 Å². The van der Waals surface area contributed by atoms with Crippen LogP contribution in [0.25, 0.3) is 0 Å². The van der Waals surface area contributed by atoms with Crippen LogP contribution in [0.1, 0.15) is 66.4 Å². The summed E-state index contributed by atoms with van der Waals surface area (Å²) in [6, 6.07) is 32.5. The molecule has 4 aromatic carbocycles. The molecule has 1 fully saturated rings. The Kier molecular flexibility index (Phi) is 11.1. The Bertz CT molecular complexity index is 1960. The third-order valence-electron chi connectivity index (χ3n) is 8.65. The van der Waals surface area contributed by atoms with Crippen LogP contribution in [0.2, 0.25) is 0 Å². The first-order valence-electron chi connectivity index (χ1n) is 17.1. The van der Waals surface area contributed by atoms with Gasteiger partial charge in [0.2, 0.25) is 11.3 Å². The number of Topliss-reactive ketones (excluding diaryl/α,β-unsaturated/α-hetero) is 1. The Morgan fingerprint density at radius 1 is 0.811 bits per heavy atom. The van der Waals surface area contributed by atoms with Crippen LogP contribution in [0.4, 0.5) is 4.79 Å². The number of alkyl carbamates (subject to hydrolysis) is 1. The molecule has 0 bridgehead atoms. The lowest BCUT2D eigenvalue weighted by Crippen LogP contribution is -2.75. The van der Waals surface area contributed by atoms with E-state index >= 15 is 0 Å². The number of benzene rings is 4. The van der Waals surface area contributed by atoms with E-state index in [4.69, 9.17) is 9.47 Å². The highest BCUT2D eigenvalue weighted by Crippen LogP contribution is 2.40. The van der Waals surface area contributed by atoms with Gasteiger partial charge in [0.1, 0.15) is 23.1 Å². The number of ketones is 1. The van der Waals surface area contributed by atoms with E-state index in [0.29, 0.717) is 22.3 Å². The van der Waals surface area contributed by atoms with E-state index in [1.54, 1.807) is 81.4 Å². The molecule has 0 aliphatic carbocycles. The third kappa shape index (κ3) is 8.51. The molecule has 0 aromatic heterocycles. The van der Waals surface area contributed by atoms with E-state index < -0.39 is 64.2 Å². The van der Waals surface area contributed by atoms with Gasteiger partial charge in [0.15, 0.2) is 17.9 Å². The van der Waals surface area contributed by atoms with E-state index in [2.05, 4.69) is 10.6 Å². The van der Waals surface area contributed by atoms with Gasteiger partial charge in [0.05, 0.1) is 0 Å². The molecule has 2 N–H and O–H groups in total. The molecule has 4 aromatic rings. The van der Waals surface area contributed by atoms with Crippen LogP contribution >= 0.6 is 0 Å². The van der Waals surface area contributed by atoms with Crippen molar-refractivity contribution in [1.82, 2.24) is 15.5 Å². The van der Waals surface area contributed by atoms with Gasteiger partial charge in [-0.25, -0.2) is 9.59 Å². The quantitative estimate of drug-likeness (QED) is 0.0884. The summed E-state index contributed by atoms with van der Waals surface area (Å²) in [6.45, 7) is 5.05. The minimum Gasteiger partial charge on any atom is -0.614 e. The highest BCUT2D eigenvalue weighted by atomic mass is 32.2. The van der Waals surface area contributed by atoms with Crippen molar-refractivity contribution in [1.29, 1.82) is 0 Å². The second-order valence-electron chi connectivity index (χ2n) is 13.6. The van der Waals surface area contributed by atoms with Crippen molar-refractivity contribution in [2.75, 3.05) is 5.75 Å². The van der Waals surface area contributed by atoms with Gasteiger partial charge < -0.3 is 24.7 Å². The molecule has 4 unspecified atom stereocenters. The van der Waals surface area contributed by atoms with Gasteiger partial charge in [0, 0.05) is 17.6 Å². The number of hydrogen-bond acceptors (Lipinski definition) is 8. The number of carbonyl (C=O) groups excluding carboxylic acids is 5. The molecule has 0 spiro atoms. The first kappa shape index (κ1) is 37.1. The molecule has 6 rings (SSSR count). The van der Waals surface area contributed by atoms with Gasteiger partial charge in [-0.05, 0) is 48.6 Å². The Hall–Kier alpha value is -5.72. The maximum absolute atomic E-state index is 14.4. The van der Waals surface area contributed by atoms with E-state index in [-0.39, 0.29) is 29.2 Å². The number of fused-ring (bicyclic) bond motifs is 1. The average molecular weight is 734 g/mol. The molecule has 11 nitrogen and oxygen atoms in total. The summed E-state index contributed by atoms with van der Waals surface area (Å²) >= 11 is -1.84. The zero-order valence-corrected chi connectivity index (χ0v) is 30.2. The second-order valence-corrected chi connectivity index (χ2v) is 15.2. The van der Waals surface area contributed by atoms with Crippen molar-refractivity contribution >= 4 is 40.8 Å². The lowest BCUT2D eigenvalue weighted by Gasteiger charge is -2.49. The maximum atomic E-state index is 14.4. The third-order valence-corrected chi connectivity index (χ3v) is 10.3.